The maximum atomic E-state index is 13.1. The van der Waals surface area contributed by atoms with Crippen LogP contribution in [0.1, 0.15) is 70.6 Å². The molecule has 130 valence electrons. The lowest BCUT2D eigenvalue weighted by Crippen LogP contribution is -2.55. The average molecular weight is 327 g/mol. The maximum Gasteiger partial charge on any atom is 0.228 e. The highest BCUT2D eigenvalue weighted by atomic mass is 16.2. The number of amides is 1. The Hall–Kier alpha value is -1.32. The molecule has 4 unspecified atom stereocenters. The largest absolute Gasteiger partial charge is 0.294 e. The minimum Gasteiger partial charge on any atom is -0.294 e. The lowest BCUT2D eigenvalue weighted by Gasteiger charge is -2.49. The molecule has 4 fully saturated rings. The van der Waals surface area contributed by atoms with Gasteiger partial charge < -0.3 is 0 Å². The molecule has 1 heterocycles. The van der Waals surface area contributed by atoms with Crippen LogP contribution in [0.25, 0.3) is 0 Å². The van der Waals surface area contributed by atoms with Gasteiger partial charge in [0.15, 0.2) is 0 Å². The summed E-state index contributed by atoms with van der Waals surface area (Å²) in [6.07, 6.45) is 15.7. The van der Waals surface area contributed by atoms with E-state index in [0.29, 0.717) is 23.8 Å². The lowest BCUT2D eigenvalue weighted by molar-refractivity contribution is -0.120. The van der Waals surface area contributed by atoms with Crippen molar-refractivity contribution >= 4 is 11.7 Å². The van der Waals surface area contributed by atoms with E-state index in [2.05, 4.69) is 15.1 Å². The van der Waals surface area contributed by atoms with E-state index in [1.54, 1.807) is 6.20 Å². The van der Waals surface area contributed by atoms with E-state index < -0.39 is 0 Å². The average Bonchev–Trinajstić information content (AvgIpc) is 2.97. The molecule has 4 aliphatic rings. The second kappa shape index (κ2) is 5.60. The number of rotatable bonds is 5. The second-order valence-electron chi connectivity index (χ2n) is 8.84. The molecule has 24 heavy (non-hydrogen) atoms. The summed E-state index contributed by atoms with van der Waals surface area (Å²) in [6.45, 7) is 0. The van der Waals surface area contributed by atoms with Crippen LogP contribution in [0, 0.1) is 23.2 Å². The molecule has 4 nitrogen and oxygen atoms in total. The van der Waals surface area contributed by atoms with Gasteiger partial charge in [-0.1, -0.05) is 32.1 Å². The molecule has 0 radical (unpaired) electrons. The van der Waals surface area contributed by atoms with Crippen molar-refractivity contribution in [3.8, 4) is 0 Å². The molecule has 0 aliphatic heterocycles. The first-order chi connectivity index (χ1) is 11.8. The predicted octanol–water partition coefficient (Wildman–Crippen LogP) is 4.29. The van der Waals surface area contributed by atoms with Crippen LogP contribution in [-0.2, 0) is 4.79 Å². The van der Waals surface area contributed by atoms with E-state index in [9.17, 15) is 4.79 Å². The van der Waals surface area contributed by atoms with Crippen LogP contribution in [-0.4, -0.2) is 22.1 Å². The van der Waals surface area contributed by atoms with Crippen LogP contribution in [0.5, 0.6) is 0 Å². The Morgan fingerprint density at radius 1 is 1.21 bits per heavy atom. The van der Waals surface area contributed by atoms with Crippen LogP contribution in [0.2, 0.25) is 0 Å². The van der Waals surface area contributed by atoms with E-state index in [4.69, 9.17) is 0 Å². The molecule has 4 atom stereocenters. The van der Waals surface area contributed by atoms with Crippen molar-refractivity contribution in [1.29, 1.82) is 0 Å². The van der Waals surface area contributed by atoms with Gasteiger partial charge in [0, 0.05) is 18.5 Å². The number of carbonyl (C=O) groups is 1. The zero-order valence-corrected chi connectivity index (χ0v) is 14.5. The first-order valence-corrected chi connectivity index (χ1v) is 10.1. The third-order valence-electron chi connectivity index (χ3n) is 7.73. The van der Waals surface area contributed by atoms with Crippen LogP contribution < -0.4 is 4.90 Å². The predicted molar refractivity (Wildman–Crippen MR) is 93.6 cm³/mol. The Balaban J connectivity index is 1.28. The van der Waals surface area contributed by atoms with Gasteiger partial charge in [0.25, 0.3) is 0 Å². The summed E-state index contributed by atoms with van der Waals surface area (Å²) in [5.41, 5.74) is 0.645. The summed E-state index contributed by atoms with van der Waals surface area (Å²) in [5, 5.41) is 7.18. The molecular weight excluding hydrogens is 298 g/mol. The van der Waals surface area contributed by atoms with Gasteiger partial charge in [-0.3, -0.25) is 14.8 Å². The molecule has 4 heteroatoms. The van der Waals surface area contributed by atoms with Crippen LogP contribution >= 0.6 is 0 Å². The Bertz CT molecular complexity index is 604. The smallest absolute Gasteiger partial charge is 0.228 e. The van der Waals surface area contributed by atoms with Gasteiger partial charge in [-0.25, -0.2) is 0 Å². The fourth-order valence-corrected chi connectivity index (χ4v) is 6.34. The minimum atomic E-state index is 0.328. The molecule has 4 saturated carbocycles. The van der Waals surface area contributed by atoms with Crippen molar-refractivity contribution in [2.45, 2.75) is 76.7 Å². The zero-order valence-electron chi connectivity index (χ0n) is 14.5. The molecule has 0 aromatic carbocycles. The molecule has 1 aromatic rings. The Kier molecular flexibility index (Phi) is 3.50. The Morgan fingerprint density at radius 2 is 2.08 bits per heavy atom. The van der Waals surface area contributed by atoms with Crippen molar-refractivity contribution in [3.05, 3.63) is 12.3 Å². The quantitative estimate of drug-likeness (QED) is 0.877. The fraction of sp³-hybridized carbons (Fsp3) is 0.800. The highest BCUT2D eigenvalue weighted by Gasteiger charge is 2.72. The van der Waals surface area contributed by atoms with E-state index in [1.165, 1.54) is 57.8 Å². The molecule has 1 spiro atoms. The number of nitrogens with zero attached hydrogens (tertiary/aromatic N) is 2. The summed E-state index contributed by atoms with van der Waals surface area (Å²) in [6, 6.07) is 2.40. The summed E-state index contributed by atoms with van der Waals surface area (Å²) < 4.78 is 0. The summed E-state index contributed by atoms with van der Waals surface area (Å²) in [5.74, 6) is 3.77. The first-order valence-electron chi connectivity index (χ1n) is 10.1. The molecule has 5 rings (SSSR count). The zero-order chi connectivity index (χ0) is 16.1. The number of nitrogens with one attached hydrogen (secondary N) is 1. The van der Waals surface area contributed by atoms with Gasteiger partial charge in [-0.2, -0.15) is 5.10 Å². The van der Waals surface area contributed by atoms with Crippen molar-refractivity contribution in [3.63, 3.8) is 0 Å². The van der Waals surface area contributed by atoms with Crippen molar-refractivity contribution < 1.29 is 4.79 Å². The number of hydrogen-bond acceptors (Lipinski definition) is 2. The number of H-pyrrole nitrogens is 1. The molecule has 1 aromatic heterocycles. The number of aromatic nitrogens is 2. The molecular formula is C20H29N3O. The molecule has 4 aliphatic carbocycles. The van der Waals surface area contributed by atoms with Crippen LogP contribution in [0.3, 0.4) is 0 Å². The number of hydrogen-bond donors (Lipinski definition) is 1. The van der Waals surface area contributed by atoms with Gasteiger partial charge in [0.05, 0.1) is 6.20 Å². The summed E-state index contributed by atoms with van der Waals surface area (Å²) in [4.78, 5) is 15.2. The summed E-state index contributed by atoms with van der Waals surface area (Å²) >= 11 is 0. The normalized spacial score (nSPS) is 37.4. The lowest BCUT2D eigenvalue weighted by atomic mass is 9.66. The fourth-order valence-electron chi connectivity index (χ4n) is 6.34. The van der Waals surface area contributed by atoms with Crippen molar-refractivity contribution in [1.82, 2.24) is 10.2 Å². The maximum absolute atomic E-state index is 13.1. The monoisotopic (exact) mass is 327 g/mol. The van der Waals surface area contributed by atoms with E-state index in [1.807, 2.05) is 6.07 Å². The number of anilines is 1. The molecule has 1 amide bonds. The van der Waals surface area contributed by atoms with E-state index >= 15 is 0 Å². The van der Waals surface area contributed by atoms with Gasteiger partial charge in [-0.15, -0.1) is 0 Å². The first kappa shape index (κ1) is 15.0. The molecule has 1 N–H and O–H groups in total. The molecule has 0 bridgehead atoms. The second-order valence-corrected chi connectivity index (χ2v) is 8.84. The highest BCUT2D eigenvalue weighted by molar-refractivity contribution is 5.93. The third-order valence-corrected chi connectivity index (χ3v) is 7.73. The topological polar surface area (TPSA) is 49.0 Å². The van der Waals surface area contributed by atoms with Crippen LogP contribution in [0.15, 0.2) is 12.3 Å². The van der Waals surface area contributed by atoms with Gasteiger partial charge in [0.1, 0.15) is 5.82 Å². The molecule has 0 saturated heterocycles. The third kappa shape index (κ3) is 2.25. The number of aromatic amines is 1. The minimum absolute atomic E-state index is 0.328. The van der Waals surface area contributed by atoms with Gasteiger partial charge in [0.2, 0.25) is 5.91 Å². The SMILES string of the molecule is O=C(CCC1CCCCC1)N(c1ccn[nH]1)C1CC23CC2CCC13. The Morgan fingerprint density at radius 3 is 2.79 bits per heavy atom. The van der Waals surface area contributed by atoms with Gasteiger partial charge in [-0.05, 0) is 55.3 Å². The van der Waals surface area contributed by atoms with Crippen molar-refractivity contribution in [2.24, 2.45) is 23.2 Å². The summed E-state index contributed by atoms with van der Waals surface area (Å²) in [7, 11) is 0. The van der Waals surface area contributed by atoms with Gasteiger partial charge >= 0.3 is 0 Å². The number of carbonyl (C=O) groups excluding carboxylic acids is 1. The Labute approximate surface area is 144 Å². The standard InChI is InChI=1S/C20H29N3O/c24-19(9-6-14-4-2-1-3-5-14)23(18-10-11-21-22-18)17-13-20-12-15(20)7-8-16(17)20/h10-11,14-17H,1-9,12-13H2,(H,21,22). The van der Waals surface area contributed by atoms with Crippen molar-refractivity contribution in [2.75, 3.05) is 4.90 Å². The van der Waals surface area contributed by atoms with Crippen LogP contribution in [0.4, 0.5) is 5.82 Å². The van der Waals surface area contributed by atoms with E-state index in [-0.39, 0.29) is 0 Å². The highest BCUT2D eigenvalue weighted by Crippen LogP contribution is 2.76. The van der Waals surface area contributed by atoms with E-state index in [0.717, 1.165) is 30.0 Å².